The molecule has 1 heterocycles. The van der Waals surface area contributed by atoms with E-state index in [1.165, 1.54) is 61.4 Å². The highest BCUT2D eigenvalue weighted by molar-refractivity contribution is 6.07. The third-order valence-corrected chi connectivity index (χ3v) is 10.4. The second kappa shape index (κ2) is 11.4. The molecule has 7 aromatic carbocycles. The van der Waals surface area contributed by atoms with Crippen LogP contribution in [0.1, 0.15) is 41.7 Å². The van der Waals surface area contributed by atoms with E-state index >= 15 is 0 Å². The van der Waals surface area contributed by atoms with Crippen molar-refractivity contribution in [2.45, 2.75) is 32.6 Å². The molecule has 0 unspecified atom stereocenters. The van der Waals surface area contributed by atoms with Crippen LogP contribution >= 0.6 is 0 Å². The van der Waals surface area contributed by atoms with Crippen LogP contribution in [0.25, 0.3) is 44.2 Å². The molecule has 0 saturated heterocycles. The Balaban J connectivity index is 0.000000417. The average Bonchev–Trinajstić information content (AvgIpc) is 3.78. The minimum Gasteiger partial charge on any atom is -0.456 e. The number of rotatable bonds is 3. The first-order chi connectivity index (χ1) is 24.0. The van der Waals surface area contributed by atoms with Crippen LogP contribution in [0.2, 0.25) is 0 Å². The molecule has 49 heavy (non-hydrogen) atoms. The second-order valence-electron chi connectivity index (χ2n) is 13.8. The van der Waals surface area contributed by atoms with Gasteiger partial charge in [-0.05, 0) is 83.1 Å². The molecule has 2 heteroatoms. The summed E-state index contributed by atoms with van der Waals surface area (Å²) in [6.45, 7) is 6.79. The van der Waals surface area contributed by atoms with E-state index in [9.17, 15) is 0 Å². The lowest BCUT2D eigenvalue weighted by molar-refractivity contribution is 0.660. The van der Waals surface area contributed by atoms with Gasteiger partial charge in [0.1, 0.15) is 11.2 Å². The fourth-order valence-corrected chi connectivity index (χ4v) is 8.07. The Morgan fingerprint density at radius 3 is 1.96 bits per heavy atom. The van der Waals surface area contributed by atoms with Crippen LogP contribution < -0.4 is 4.90 Å². The van der Waals surface area contributed by atoms with Crippen molar-refractivity contribution < 1.29 is 4.42 Å². The van der Waals surface area contributed by atoms with Gasteiger partial charge in [-0.2, -0.15) is 0 Å². The second-order valence-corrected chi connectivity index (χ2v) is 13.8. The summed E-state index contributed by atoms with van der Waals surface area (Å²) in [5.74, 6) is 0. The van der Waals surface area contributed by atoms with Gasteiger partial charge in [0.05, 0.1) is 11.4 Å². The summed E-state index contributed by atoms with van der Waals surface area (Å²) in [6.07, 6.45) is 0.960. The lowest BCUT2D eigenvalue weighted by Crippen LogP contribution is -2.16. The molecular formula is C47H37NO. The van der Waals surface area contributed by atoms with Gasteiger partial charge in [-0.25, -0.2) is 0 Å². The molecule has 0 fully saturated rings. The van der Waals surface area contributed by atoms with Crippen molar-refractivity contribution in [3.63, 3.8) is 0 Å². The van der Waals surface area contributed by atoms with E-state index in [-0.39, 0.29) is 5.41 Å². The molecule has 236 valence electrons. The van der Waals surface area contributed by atoms with E-state index in [0.717, 1.165) is 34.0 Å². The van der Waals surface area contributed by atoms with Crippen molar-refractivity contribution in [2.75, 3.05) is 4.90 Å². The monoisotopic (exact) mass is 631 g/mol. The summed E-state index contributed by atoms with van der Waals surface area (Å²) in [5, 5.41) is 2.28. The van der Waals surface area contributed by atoms with Crippen LogP contribution in [-0.4, -0.2) is 0 Å². The number of fused-ring (bicyclic) bond motifs is 9. The van der Waals surface area contributed by atoms with Gasteiger partial charge in [0.15, 0.2) is 0 Å². The zero-order valence-electron chi connectivity index (χ0n) is 28.1. The minimum atomic E-state index is -0.0798. The summed E-state index contributed by atoms with van der Waals surface area (Å²) in [6, 6.07) is 56.7. The predicted molar refractivity (Wildman–Crippen MR) is 205 cm³/mol. The Morgan fingerprint density at radius 1 is 0.510 bits per heavy atom. The summed E-state index contributed by atoms with van der Waals surface area (Å²) < 4.78 is 6.25. The number of furan rings is 1. The molecule has 0 amide bonds. The summed E-state index contributed by atoms with van der Waals surface area (Å²) in [5.41, 5.74) is 17.4. The number of nitrogens with zero attached hydrogens (tertiary/aromatic N) is 1. The summed E-state index contributed by atoms with van der Waals surface area (Å²) >= 11 is 0. The number of hydrogen-bond acceptors (Lipinski definition) is 2. The molecule has 2 nitrogen and oxygen atoms in total. The van der Waals surface area contributed by atoms with Gasteiger partial charge in [-0.3, -0.25) is 0 Å². The number of para-hydroxylation sites is 1. The zero-order chi connectivity index (χ0) is 33.1. The SMILES string of the molecule is CC1(C)c2ccccc2-c2c(N(c3ccc4oc5ccccc5c4c3)c3cccc4c3-c3ccccc3C4)cccc21.Cc1ccccc1. The molecule has 2 aliphatic rings. The number of benzene rings is 7. The van der Waals surface area contributed by atoms with Gasteiger partial charge in [-0.1, -0.05) is 141 Å². The molecular weight excluding hydrogens is 595 g/mol. The van der Waals surface area contributed by atoms with Crippen LogP contribution in [0, 0.1) is 6.92 Å². The topological polar surface area (TPSA) is 16.4 Å². The van der Waals surface area contributed by atoms with Crippen LogP contribution in [0.5, 0.6) is 0 Å². The first kappa shape index (κ1) is 29.3. The Morgan fingerprint density at radius 2 is 1.14 bits per heavy atom. The van der Waals surface area contributed by atoms with Crippen LogP contribution in [0.4, 0.5) is 17.1 Å². The van der Waals surface area contributed by atoms with Gasteiger partial charge >= 0.3 is 0 Å². The molecule has 0 N–H and O–H groups in total. The van der Waals surface area contributed by atoms with Crippen molar-refractivity contribution >= 4 is 39.0 Å². The first-order valence-corrected chi connectivity index (χ1v) is 17.2. The zero-order valence-corrected chi connectivity index (χ0v) is 28.1. The van der Waals surface area contributed by atoms with E-state index in [2.05, 4.69) is 159 Å². The van der Waals surface area contributed by atoms with Crippen molar-refractivity contribution in [1.82, 2.24) is 0 Å². The molecule has 2 aliphatic carbocycles. The van der Waals surface area contributed by atoms with Crippen molar-refractivity contribution in [2.24, 2.45) is 0 Å². The van der Waals surface area contributed by atoms with Gasteiger partial charge in [0.25, 0.3) is 0 Å². The summed E-state index contributed by atoms with van der Waals surface area (Å²) in [7, 11) is 0. The maximum absolute atomic E-state index is 6.25. The van der Waals surface area contributed by atoms with Crippen LogP contribution in [0.3, 0.4) is 0 Å². The Labute approximate surface area is 287 Å². The fraction of sp³-hybridized carbons (Fsp3) is 0.106. The van der Waals surface area contributed by atoms with Crippen molar-refractivity contribution in [3.8, 4) is 22.3 Å². The largest absolute Gasteiger partial charge is 0.456 e. The highest BCUT2D eigenvalue weighted by Crippen LogP contribution is 2.56. The normalized spacial score (nSPS) is 13.3. The Hall–Kier alpha value is -5.86. The van der Waals surface area contributed by atoms with Gasteiger partial charge in [0, 0.05) is 33.0 Å². The Bertz CT molecular complexity index is 2520. The van der Waals surface area contributed by atoms with Gasteiger partial charge in [-0.15, -0.1) is 0 Å². The maximum atomic E-state index is 6.25. The smallest absolute Gasteiger partial charge is 0.135 e. The lowest BCUT2D eigenvalue weighted by atomic mass is 9.82. The highest BCUT2D eigenvalue weighted by atomic mass is 16.3. The number of aryl methyl sites for hydroxylation is 1. The quantitative estimate of drug-likeness (QED) is 0.193. The van der Waals surface area contributed by atoms with Crippen LogP contribution in [0.15, 0.2) is 162 Å². The van der Waals surface area contributed by atoms with Crippen LogP contribution in [-0.2, 0) is 11.8 Å². The van der Waals surface area contributed by atoms with E-state index < -0.39 is 0 Å². The summed E-state index contributed by atoms with van der Waals surface area (Å²) in [4.78, 5) is 2.50. The molecule has 0 atom stereocenters. The molecule has 0 saturated carbocycles. The molecule has 0 bridgehead atoms. The predicted octanol–water partition coefficient (Wildman–Crippen LogP) is 12.9. The third kappa shape index (κ3) is 4.70. The third-order valence-electron chi connectivity index (χ3n) is 10.4. The highest BCUT2D eigenvalue weighted by Gasteiger charge is 2.38. The van der Waals surface area contributed by atoms with Gasteiger partial charge < -0.3 is 9.32 Å². The molecule has 0 aliphatic heterocycles. The molecule has 1 aromatic heterocycles. The number of hydrogen-bond donors (Lipinski definition) is 0. The number of anilines is 3. The lowest BCUT2D eigenvalue weighted by Gasteiger charge is -2.30. The van der Waals surface area contributed by atoms with E-state index in [1.807, 2.05) is 24.3 Å². The molecule has 10 rings (SSSR count). The van der Waals surface area contributed by atoms with E-state index in [0.29, 0.717) is 0 Å². The van der Waals surface area contributed by atoms with Crippen molar-refractivity contribution in [3.05, 3.63) is 186 Å². The Kier molecular flexibility index (Phi) is 6.81. The standard InChI is InChI=1S/C40H29NO.C7H8/c1-40(2)32-16-7-5-15-30(32)39-33(40)17-10-19-35(39)41(27-21-22-37-31(24-27)29-14-6-8-20-36(29)42-37)34-18-9-12-26-23-25-11-3-4-13-28(25)38(26)34;1-7-5-3-2-4-6-7/h3-22,24H,23H2,1-2H3;2-6H,1H3. The maximum Gasteiger partial charge on any atom is 0.135 e. The van der Waals surface area contributed by atoms with Gasteiger partial charge in [0.2, 0.25) is 0 Å². The fourth-order valence-electron chi connectivity index (χ4n) is 8.07. The molecule has 8 aromatic rings. The average molecular weight is 632 g/mol. The van der Waals surface area contributed by atoms with E-state index in [4.69, 9.17) is 4.42 Å². The van der Waals surface area contributed by atoms with Crippen molar-refractivity contribution in [1.29, 1.82) is 0 Å². The molecule has 0 spiro atoms. The van der Waals surface area contributed by atoms with E-state index in [1.54, 1.807) is 0 Å². The first-order valence-electron chi connectivity index (χ1n) is 17.2. The minimum absolute atomic E-state index is 0.0798. The molecule has 0 radical (unpaired) electrons.